The first-order chi connectivity index (χ1) is 9.87. The topological polar surface area (TPSA) is 72.9 Å². The number of nitrogens with zero attached hydrogens (tertiary/aromatic N) is 2. The van der Waals surface area contributed by atoms with Crippen LogP contribution in [0.2, 0.25) is 0 Å². The van der Waals surface area contributed by atoms with E-state index in [1.807, 2.05) is 17.3 Å². The van der Waals surface area contributed by atoms with E-state index in [-0.39, 0.29) is 0 Å². The van der Waals surface area contributed by atoms with Gasteiger partial charge in [0.1, 0.15) is 0 Å². The summed E-state index contributed by atoms with van der Waals surface area (Å²) < 4.78 is 24.7. The van der Waals surface area contributed by atoms with E-state index in [0.29, 0.717) is 12.2 Å². The second-order valence-corrected chi connectivity index (χ2v) is 6.88. The van der Waals surface area contributed by atoms with Crippen molar-refractivity contribution in [2.24, 2.45) is 0 Å². The number of benzene rings is 1. The Morgan fingerprint density at radius 3 is 2.38 bits per heavy atom. The number of aliphatic hydroxyl groups excluding tert-OH is 1. The van der Waals surface area contributed by atoms with Crippen LogP contribution >= 0.6 is 0 Å². The quantitative estimate of drug-likeness (QED) is 0.825. The van der Waals surface area contributed by atoms with E-state index in [0.717, 1.165) is 25.0 Å². The fourth-order valence-electron chi connectivity index (χ4n) is 2.16. The standard InChI is InChI=1S/C14H21N3O3S/c1-3-16-8-9-17(11-16)10-14(18)12-4-6-13(7-5-12)15-21(2,19)20/h4-9,14-15,18H,3,10-11H2,1-2H3. The molecule has 0 saturated heterocycles. The summed E-state index contributed by atoms with van der Waals surface area (Å²) in [6.45, 7) is 4.31. The molecule has 116 valence electrons. The first-order valence-electron chi connectivity index (χ1n) is 6.79. The van der Waals surface area contributed by atoms with Gasteiger partial charge < -0.3 is 14.9 Å². The zero-order valence-corrected chi connectivity index (χ0v) is 13.0. The van der Waals surface area contributed by atoms with Crippen LogP contribution in [0.4, 0.5) is 5.69 Å². The van der Waals surface area contributed by atoms with E-state index >= 15 is 0 Å². The summed E-state index contributed by atoms with van der Waals surface area (Å²) >= 11 is 0. The summed E-state index contributed by atoms with van der Waals surface area (Å²) in [6.07, 6.45) is 4.46. The molecule has 1 atom stereocenters. The van der Waals surface area contributed by atoms with Gasteiger partial charge in [-0.3, -0.25) is 4.72 Å². The monoisotopic (exact) mass is 311 g/mol. The number of β-amino-alcohol motifs (C(OH)–C–C–N with tert-alkyl or cyclic N) is 1. The van der Waals surface area contributed by atoms with Gasteiger partial charge in [-0.15, -0.1) is 0 Å². The van der Waals surface area contributed by atoms with Crippen LogP contribution in [0.3, 0.4) is 0 Å². The Balaban J connectivity index is 1.94. The van der Waals surface area contributed by atoms with Crippen molar-refractivity contribution in [2.75, 3.05) is 30.7 Å². The van der Waals surface area contributed by atoms with Crippen LogP contribution in [-0.2, 0) is 10.0 Å². The van der Waals surface area contributed by atoms with Crippen LogP contribution in [0, 0.1) is 0 Å². The molecule has 0 saturated carbocycles. The van der Waals surface area contributed by atoms with E-state index in [1.54, 1.807) is 24.3 Å². The summed E-state index contributed by atoms with van der Waals surface area (Å²) in [5, 5.41) is 10.2. The van der Waals surface area contributed by atoms with Crippen LogP contribution in [0.15, 0.2) is 36.7 Å². The Bertz CT molecular complexity index is 598. The number of hydrogen-bond donors (Lipinski definition) is 2. The minimum Gasteiger partial charge on any atom is -0.387 e. The van der Waals surface area contributed by atoms with Gasteiger partial charge in [0.25, 0.3) is 0 Å². The maximum absolute atomic E-state index is 11.1. The predicted molar refractivity (Wildman–Crippen MR) is 83.0 cm³/mol. The lowest BCUT2D eigenvalue weighted by molar-refractivity contribution is 0.125. The number of sulfonamides is 1. The number of hydrogen-bond acceptors (Lipinski definition) is 5. The van der Waals surface area contributed by atoms with Gasteiger partial charge >= 0.3 is 0 Å². The Morgan fingerprint density at radius 2 is 1.86 bits per heavy atom. The second kappa shape index (κ2) is 6.36. The molecule has 0 amide bonds. The van der Waals surface area contributed by atoms with Crippen LogP contribution in [0.1, 0.15) is 18.6 Å². The highest BCUT2D eigenvalue weighted by atomic mass is 32.2. The molecule has 7 heteroatoms. The molecule has 1 aliphatic rings. The fraction of sp³-hybridized carbons (Fsp3) is 0.429. The maximum atomic E-state index is 11.1. The van der Waals surface area contributed by atoms with E-state index in [1.165, 1.54) is 0 Å². The zero-order chi connectivity index (χ0) is 15.5. The van der Waals surface area contributed by atoms with Gasteiger partial charge in [0.15, 0.2) is 0 Å². The van der Waals surface area contributed by atoms with Gasteiger partial charge in [-0.1, -0.05) is 12.1 Å². The molecule has 1 aliphatic heterocycles. The minimum atomic E-state index is -3.27. The molecule has 0 bridgehead atoms. The molecule has 0 aliphatic carbocycles. The van der Waals surface area contributed by atoms with Gasteiger partial charge in [-0.25, -0.2) is 8.42 Å². The molecule has 1 heterocycles. The van der Waals surface area contributed by atoms with Crippen molar-refractivity contribution in [1.82, 2.24) is 9.80 Å². The van der Waals surface area contributed by atoms with E-state index in [4.69, 9.17) is 0 Å². The van der Waals surface area contributed by atoms with E-state index in [2.05, 4.69) is 16.5 Å². The van der Waals surface area contributed by atoms with Crippen molar-refractivity contribution in [3.05, 3.63) is 42.2 Å². The number of nitrogens with one attached hydrogen (secondary N) is 1. The molecule has 2 N–H and O–H groups in total. The SMILES string of the molecule is CCN1C=CN(CC(O)c2ccc(NS(C)(=O)=O)cc2)C1. The van der Waals surface area contributed by atoms with Crippen molar-refractivity contribution in [2.45, 2.75) is 13.0 Å². The Labute approximate surface area is 125 Å². The number of aliphatic hydroxyl groups is 1. The third-order valence-corrected chi connectivity index (χ3v) is 3.87. The van der Waals surface area contributed by atoms with Crippen LogP contribution in [-0.4, -0.2) is 49.3 Å². The normalized spacial score (nSPS) is 16.3. The highest BCUT2D eigenvalue weighted by Crippen LogP contribution is 2.19. The summed E-state index contributed by atoms with van der Waals surface area (Å²) in [5.74, 6) is 0. The second-order valence-electron chi connectivity index (χ2n) is 5.13. The third-order valence-electron chi connectivity index (χ3n) is 3.26. The molecule has 0 aromatic heterocycles. The Morgan fingerprint density at radius 1 is 1.24 bits per heavy atom. The van der Waals surface area contributed by atoms with Gasteiger partial charge in [-0.2, -0.15) is 0 Å². The number of anilines is 1. The van der Waals surface area contributed by atoms with Crippen molar-refractivity contribution >= 4 is 15.7 Å². The molecular weight excluding hydrogens is 290 g/mol. The Hall–Kier alpha value is -1.73. The lowest BCUT2D eigenvalue weighted by atomic mass is 10.1. The molecule has 1 unspecified atom stereocenters. The largest absolute Gasteiger partial charge is 0.387 e. The molecular formula is C14H21N3O3S. The highest BCUT2D eigenvalue weighted by Gasteiger charge is 2.16. The lowest BCUT2D eigenvalue weighted by Crippen LogP contribution is -2.28. The first-order valence-corrected chi connectivity index (χ1v) is 8.69. The lowest BCUT2D eigenvalue weighted by Gasteiger charge is -2.23. The maximum Gasteiger partial charge on any atom is 0.229 e. The van der Waals surface area contributed by atoms with Crippen molar-refractivity contribution in [3.8, 4) is 0 Å². The summed E-state index contributed by atoms with van der Waals surface area (Å²) in [5.41, 5.74) is 1.25. The van der Waals surface area contributed by atoms with Crippen molar-refractivity contribution in [3.63, 3.8) is 0 Å². The van der Waals surface area contributed by atoms with E-state index in [9.17, 15) is 13.5 Å². The van der Waals surface area contributed by atoms with Crippen LogP contribution in [0.5, 0.6) is 0 Å². The third kappa shape index (κ3) is 4.64. The molecule has 1 aromatic carbocycles. The van der Waals surface area contributed by atoms with Crippen molar-refractivity contribution in [1.29, 1.82) is 0 Å². The molecule has 1 aromatic rings. The molecule has 0 radical (unpaired) electrons. The molecule has 6 nitrogen and oxygen atoms in total. The molecule has 2 rings (SSSR count). The first kappa shape index (κ1) is 15.7. The molecule has 0 fully saturated rings. The van der Waals surface area contributed by atoms with Gasteiger partial charge in [0.05, 0.1) is 19.0 Å². The zero-order valence-electron chi connectivity index (χ0n) is 12.2. The summed E-state index contributed by atoms with van der Waals surface area (Å²) in [6, 6.07) is 6.76. The van der Waals surface area contributed by atoms with Gasteiger partial charge in [-0.05, 0) is 24.6 Å². The Kier molecular flexibility index (Phi) is 4.74. The van der Waals surface area contributed by atoms with Crippen LogP contribution < -0.4 is 4.72 Å². The minimum absolute atomic E-state index is 0.492. The van der Waals surface area contributed by atoms with E-state index < -0.39 is 16.1 Å². The molecule has 21 heavy (non-hydrogen) atoms. The summed E-state index contributed by atoms with van der Waals surface area (Å²) in [4.78, 5) is 4.18. The van der Waals surface area contributed by atoms with Gasteiger partial charge in [0, 0.05) is 31.2 Å². The number of rotatable bonds is 6. The highest BCUT2D eigenvalue weighted by molar-refractivity contribution is 7.92. The smallest absolute Gasteiger partial charge is 0.229 e. The van der Waals surface area contributed by atoms with Crippen LogP contribution in [0.25, 0.3) is 0 Å². The fourth-order valence-corrected chi connectivity index (χ4v) is 2.72. The predicted octanol–water partition coefficient (Wildman–Crippen LogP) is 1.16. The summed E-state index contributed by atoms with van der Waals surface area (Å²) in [7, 11) is -3.27. The average Bonchev–Trinajstić information content (AvgIpc) is 2.85. The van der Waals surface area contributed by atoms with Crippen molar-refractivity contribution < 1.29 is 13.5 Å². The average molecular weight is 311 g/mol. The molecule has 0 spiro atoms. The van der Waals surface area contributed by atoms with Gasteiger partial charge in [0.2, 0.25) is 10.0 Å².